The molecule has 0 bridgehead atoms. The van der Waals surface area contributed by atoms with Gasteiger partial charge in [0.05, 0.1) is 23.6 Å². The Morgan fingerprint density at radius 2 is 1.87 bits per heavy atom. The molecule has 31 heavy (non-hydrogen) atoms. The van der Waals surface area contributed by atoms with E-state index in [9.17, 15) is 14.0 Å². The quantitative estimate of drug-likeness (QED) is 0.511. The topological polar surface area (TPSA) is 85.2 Å². The van der Waals surface area contributed by atoms with Crippen LogP contribution in [-0.4, -0.2) is 34.7 Å². The predicted octanol–water partition coefficient (Wildman–Crippen LogP) is 3.87. The van der Waals surface area contributed by atoms with Gasteiger partial charge in [0.2, 0.25) is 5.91 Å². The van der Waals surface area contributed by atoms with Crippen LogP contribution in [0.25, 0.3) is 5.69 Å². The average molecular weight is 424 g/mol. The Morgan fingerprint density at radius 3 is 2.61 bits per heavy atom. The molecule has 2 aromatic carbocycles. The van der Waals surface area contributed by atoms with Gasteiger partial charge in [-0.2, -0.15) is 5.10 Å². The molecule has 1 aromatic heterocycles. The number of halogens is 1. The summed E-state index contributed by atoms with van der Waals surface area (Å²) < 4.78 is 20.2. The van der Waals surface area contributed by atoms with Crippen molar-refractivity contribution < 1.29 is 18.7 Å². The summed E-state index contributed by atoms with van der Waals surface area (Å²) in [6.45, 7) is 4.49. The predicted molar refractivity (Wildman–Crippen MR) is 116 cm³/mol. The number of carbonyl (C=O) groups is 2. The lowest BCUT2D eigenvalue weighted by molar-refractivity contribution is -0.116. The molecule has 0 unspecified atom stereocenters. The Bertz CT molecular complexity index is 1050. The van der Waals surface area contributed by atoms with E-state index in [2.05, 4.69) is 15.7 Å². The van der Waals surface area contributed by atoms with E-state index in [1.165, 1.54) is 12.1 Å². The van der Waals surface area contributed by atoms with Gasteiger partial charge in [-0.15, -0.1) is 0 Å². The SMILES string of the molecule is CCOc1ccccc1C(=O)NCCCC(=O)Nc1cc(C)nn1-c1ccc(F)cc1. The highest BCUT2D eigenvalue weighted by Gasteiger charge is 2.13. The second-order valence-electron chi connectivity index (χ2n) is 6.90. The number of amides is 2. The summed E-state index contributed by atoms with van der Waals surface area (Å²) in [6.07, 6.45) is 0.694. The smallest absolute Gasteiger partial charge is 0.255 e. The van der Waals surface area contributed by atoms with Crippen LogP contribution >= 0.6 is 0 Å². The summed E-state index contributed by atoms with van der Waals surface area (Å²) in [5.74, 6) is 0.249. The van der Waals surface area contributed by atoms with Crippen molar-refractivity contribution in [3.8, 4) is 11.4 Å². The van der Waals surface area contributed by atoms with E-state index in [-0.39, 0.29) is 24.1 Å². The summed E-state index contributed by atoms with van der Waals surface area (Å²) in [5.41, 5.74) is 1.83. The first-order valence-corrected chi connectivity index (χ1v) is 10.1. The third-order valence-electron chi connectivity index (χ3n) is 4.47. The van der Waals surface area contributed by atoms with Crippen LogP contribution in [0.1, 0.15) is 35.8 Å². The fourth-order valence-electron chi connectivity index (χ4n) is 3.05. The van der Waals surface area contributed by atoms with Gasteiger partial charge in [0.25, 0.3) is 5.91 Å². The molecule has 0 saturated carbocycles. The summed E-state index contributed by atoms with van der Waals surface area (Å²) in [4.78, 5) is 24.7. The lowest BCUT2D eigenvalue weighted by atomic mass is 10.2. The molecule has 0 fully saturated rings. The Morgan fingerprint density at radius 1 is 1.13 bits per heavy atom. The molecule has 2 N–H and O–H groups in total. The van der Waals surface area contributed by atoms with Gasteiger partial charge in [-0.25, -0.2) is 9.07 Å². The molecule has 0 atom stereocenters. The fourth-order valence-corrected chi connectivity index (χ4v) is 3.05. The largest absolute Gasteiger partial charge is 0.493 e. The van der Waals surface area contributed by atoms with Crippen LogP contribution in [0.15, 0.2) is 54.6 Å². The summed E-state index contributed by atoms with van der Waals surface area (Å²) in [6, 6.07) is 14.6. The molecule has 0 aliphatic heterocycles. The number of hydrogen-bond acceptors (Lipinski definition) is 4. The minimum absolute atomic E-state index is 0.202. The number of nitrogens with one attached hydrogen (secondary N) is 2. The molecular weight excluding hydrogens is 399 g/mol. The molecule has 3 aromatic rings. The normalized spacial score (nSPS) is 10.5. The first-order chi connectivity index (χ1) is 15.0. The lowest BCUT2D eigenvalue weighted by Gasteiger charge is -2.11. The fraction of sp³-hybridized carbons (Fsp3) is 0.261. The van der Waals surface area contributed by atoms with Crippen LogP contribution in [0.2, 0.25) is 0 Å². The van der Waals surface area contributed by atoms with E-state index >= 15 is 0 Å². The highest BCUT2D eigenvalue weighted by molar-refractivity contribution is 5.97. The number of nitrogens with zero attached hydrogens (tertiary/aromatic N) is 2. The van der Waals surface area contributed by atoms with Crippen molar-refractivity contribution in [1.29, 1.82) is 0 Å². The zero-order chi connectivity index (χ0) is 22.2. The summed E-state index contributed by atoms with van der Waals surface area (Å²) in [5, 5.41) is 9.99. The minimum atomic E-state index is -0.343. The van der Waals surface area contributed by atoms with Gasteiger partial charge in [0.15, 0.2) is 0 Å². The number of anilines is 1. The Hall–Kier alpha value is -3.68. The van der Waals surface area contributed by atoms with Gasteiger partial charge in [-0.1, -0.05) is 12.1 Å². The van der Waals surface area contributed by atoms with Crippen LogP contribution in [0.4, 0.5) is 10.2 Å². The molecule has 8 heteroatoms. The van der Waals surface area contributed by atoms with Gasteiger partial charge in [0.1, 0.15) is 17.4 Å². The maximum atomic E-state index is 13.2. The second kappa shape index (κ2) is 10.4. The summed E-state index contributed by atoms with van der Waals surface area (Å²) >= 11 is 0. The van der Waals surface area contributed by atoms with Crippen molar-refractivity contribution in [2.45, 2.75) is 26.7 Å². The number of ether oxygens (including phenoxy) is 1. The molecule has 1 heterocycles. The van der Waals surface area contributed by atoms with Gasteiger partial charge >= 0.3 is 0 Å². The average Bonchev–Trinajstić information content (AvgIpc) is 3.12. The third kappa shape index (κ3) is 5.91. The van der Waals surface area contributed by atoms with Crippen molar-refractivity contribution in [2.24, 2.45) is 0 Å². The maximum Gasteiger partial charge on any atom is 0.255 e. The molecule has 162 valence electrons. The molecular formula is C23H25FN4O3. The molecule has 3 rings (SSSR count). The minimum Gasteiger partial charge on any atom is -0.493 e. The standard InChI is InChI=1S/C23H25FN4O3/c1-3-31-20-8-5-4-7-19(20)23(30)25-14-6-9-22(29)26-21-15-16(2)27-28(21)18-12-10-17(24)11-13-18/h4-5,7-8,10-13,15H,3,6,9,14H2,1-2H3,(H,25,30)(H,26,29). The monoisotopic (exact) mass is 424 g/mol. The van der Waals surface area contributed by atoms with Crippen LogP contribution in [-0.2, 0) is 4.79 Å². The van der Waals surface area contributed by atoms with Crippen molar-refractivity contribution in [1.82, 2.24) is 15.1 Å². The van der Waals surface area contributed by atoms with E-state index in [1.807, 2.05) is 19.9 Å². The molecule has 0 radical (unpaired) electrons. The number of rotatable bonds is 9. The van der Waals surface area contributed by atoms with Crippen molar-refractivity contribution in [3.05, 3.63) is 71.7 Å². The highest BCUT2D eigenvalue weighted by Crippen LogP contribution is 2.19. The van der Waals surface area contributed by atoms with Gasteiger partial charge < -0.3 is 15.4 Å². The zero-order valence-corrected chi connectivity index (χ0v) is 17.5. The number of aromatic nitrogens is 2. The molecule has 7 nitrogen and oxygen atoms in total. The van der Waals surface area contributed by atoms with Gasteiger partial charge in [0, 0.05) is 19.0 Å². The number of hydrogen-bond donors (Lipinski definition) is 2. The number of para-hydroxylation sites is 1. The Balaban J connectivity index is 1.51. The lowest BCUT2D eigenvalue weighted by Crippen LogP contribution is -2.26. The Kier molecular flexibility index (Phi) is 7.37. The van der Waals surface area contributed by atoms with Crippen molar-refractivity contribution in [3.63, 3.8) is 0 Å². The van der Waals surface area contributed by atoms with Gasteiger partial charge in [-0.3, -0.25) is 9.59 Å². The van der Waals surface area contributed by atoms with Crippen LogP contribution in [0.5, 0.6) is 5.75 Å². The van der Waals surface area contributed by atoms with Crippen LogP contribution in [0.3, 0.4) is 0 Å². The van der Waals surface area contributed by atoms with E-state index in [0.717, 1.165) is 5.69 Å². The number of carbonyl (C=O) groups excluding carboxylic acids is 2. The highest BCUT2D eigenvalue weighted by atomic mass is 19.1. The summed E-state index contributed by atoms with van der Waals surface area (Å²) in [7, 11) is 0. The van der Waals surface area contributed by atoms with E-state index in [1.54, 1.807) is 41.1 Å². The molecule has 0 saturated heterocycles. The molecule has 0 aliphatic rings. The van der Waals surface area contributed by atoms with E-state index in [4.69, 9.17) is 4.74 Å². The molecule has 0 aliphatic carbocycles. The molecule has 2 amide bonds. The van der Waals surface area contributed by atoms with E-state index < -0.39 is 0 Å². The first-order valence-electron chi connectivity index (χ1n) is 10.1. The van der Waals surface area contributed by atoms with E-state index in [0.29, 0.717) is 42.4 Å². The molecule has 0 spiro atoms. The van der Waals surface area contributed by atoms with Crippen LogP contribution < -0.4 is 15.4 Å². The van der Waals surface area contributed by atoms with Crippen molar-refractivity contribution in [2.75, 3.05) is 18.5 Å². The third-order valence-corrected chi connectivity index (χ3v) is 4.47. The maximum absolute atomic E-state index is 13.2. The number of benzene rings is 2. The zero-order valence-electron chi connectivity index (χ0n) is 17.5. The second-order valence-corrected chi connectivity index (χ2v) is 6.90. The number of aryl methyl sites for hydroxylation is 1. The first kappa shape index (κ1) is 22.0. The Labute approximate surface area is 180 Å². The van der Waals surface area contributed by atoms with Crippen molar-refractivity contribution >= 4 is 17.6 Å². The van der Waals surface area contributed by atoms with Gasteiger partial charge in [-0.05, 0) is 56.7 Å². The van der Waals surface area contributed by atoms with Crippen LogP contribution in [0, 0.1) is 12.7 Å².